The van der Waals surface area contributed by atoms with Crippen LogP contribution in [0, 0.1) is 0 Å². The Morgan fingerprint density at radius 1 is 0.970 bits per heavy atom. The molecule has 1 amide bonds. The fourth-order valence-electron chi connectivity index (χ4n) is 4.18. The van der Waals surface area contributed by atoms with Gasteiger partial charge in [-0.3, -0.25) is 4.79 Å². The Bertz CT molecular complexity index is 1080. The highest BCUT2D eigenvalue weighted by Gasteiger charge is 2.39. The Kier molecular flexibility index (Phi) is 7.46. The maximum Gasteiger partial charge on any atom is 0.240 e. The highest BCUT2D eigenvalue weighted by atomic mass is 35.5. The van der Waals surface area contributed by atoms with Crippen LogP contribution in [-0.4, -0.2) is 34.1 Å². The molecule has 0 spiro atoms. The van der Waals surface area contributed by atoms with Gasteiger partial charge in [-0.2, -0.15) is 0 Å². The van der Waals surface area contributed by atoms with E-state index < -0.39 is 10.0 Å². The molecule has 1 aliphatic heterocycles. The van der Waals surface area contributed by atoms with Crippen molar-refractivity contribution in [3.05, 3.63) is 53.1 Å². The summed E-state index contributed by atoms with van der Waals surface area (Å²) < 4.78 is 38.6. The second kappa shape index (κ2) is 10.3. The summed E-state index contributed by atoms with van der Waals surface area (Å²) in [5.41, 5.74) is 0.820. The summed E-state index contributed by atoms with van der Waals surface area (Å²) in [6, 6.07) is 12.3. The van der Waals surface area contributed by atoms with Gasteiger partial charge in [0.2, 0.25) is 15.9 Å². The second-order valence-electron chi connectivity index (χ2n) is 8.50. The van der Waals surface area contributed by atoms with Crippen LogP contribution in [0.15, 0.2) is 47.4 Å². The van der Waals surface area contributed by atoms with Crippen molar-refractivity contribution < 1.29 is 22.7 Å². The van der Waals surface area contributed by atoms with Gasteiger partial charge >= 0.3 is 0 Å². The lowest BCUT2D eigenvalue weighted by Crippen LogP contribution is -2.50. The Morgan fingerprint density at radius 2 is 1.70 bits per heavy atom. The van der Waals surface area contributed by atoms with Crippen LogP contribution in [0.5, 0.6) is 11.5 Å². The van der Waals surface area contributed by atoms with Crippen LogP contribution >= 0.6 is 11.6 Å². The van der Waals surface area contributed by atoms with E-state index in [1.165, 1.54) is 12.1 Å². The lowest BCUT2D eigenvalue weighted by Gasteiger charge is -2.43. The van der Waals surface area contributed by atoms with Crippen LogP contribution in [0.2, 0.25) is 5.02 Å². The van der Waals surface area contributed by atoms with Gasteiger partial charge in [-0.1, -0.05) is 30.2 Å². The van der Waals surface area contributed by atoms with Gasteiger partial charge in [0.05, 0.1) is 10.4 Å². The minimum atomic E-state index is -3.63. The minimum Gasteiger partial charge on any atom is -0.486 e. The minimum absolute atomic E-state index is 0.0292. The first kappa shape index (κ1) is 23.9. The number of hydrogen-bond acceptors (Lipinski definition) is 5. The van der Waals surface area contributed by atoms with Crippen LogP contribution < -0.4 is 19.5 Å². The summed E-state index contributed by atoms with van der Waals surface area (Å²) >= 11 is 5.99. The topological polar surface area (TPSA) is 93.7 Å². The van der Waals surface area contributed by atoms with E-state index >= 15 is 0 Å². The van der Waals surface area contributed by atoms with Crippen LogP contribution in [-0.2, 0) is 20.4 Å². The standard InChI is InChI=1S/C24H29ClN2O5S/c25-19-8-6-18(7-9-19)24(12-4-13-24)27-23(28)5-2-1-3-14-26-33(29,30)20-10-11-21-22(17-20)32-16-15-31-21/h6-11,17,26H,1-5,12-16H2,(H,27,28). The van der Waals surface area contributed by atoms with E-state index in [2.05, 4.69) is 10.0 Å². The highest BCUT2D eigenvalue weighted by Crippen LogP contribution is 2.41. The van der Waals surface area contributed by atoms with Crippen LogP contribution in [0.3, 0.4) is 0 Å². The first-order valence-electron chi connectivity index (χ1n) is 11.3. The molecule has 4 rings (SSSR count). The molecule has 0 saturated heterocycles. The number of benzene rings is 2. The quantitative estimate of drug-likeness (QED) is 0.486. The SMILES string of the molecule is O=C(CCCCCNS(=O)(=O)c1ccc2c(c1)OCCO2)NC1(c2ccc(Cl)cc2)CCC1. The number of hydrogen-bond donors (Lipinski definition) is 2. The van der Waals surface area contributed by atoms with Crippen molar-refractivity contribution in [3.8, 4) is 11.5 Å². The van der Waals surface area contributed by atoms with Crippen molar-refractivity contribution in [2.75, 3.05) is 19.8 Å². The summed E-state index contributed by atoms with van der Waals surface area (Å²) in [6.07, 6.45) is 5.49. The van der Waals surface area contributed by atoms with Gasteiger partial charge < -0.3 is 14.8 Å². The molecule has 0 radical (unpaired) electrons. The van der Waals surface area contributed by atoms with E-state index in [-0.39, 0.29) is 16.3 Å². The lowest BCUT2D eigenvalue weighted by atomic mass is 9.71. The first-order valence-corrected chi connectivity index (χ1v) is 13.2. The molecule has 0 bridgehead atoms. The van der Waals surface area contributed by atoms with Crippen molar-refractivity contribution in [1.82, 2.24) is 10.0 Å². The number of nitrogens with one attached hydrogen (secondary N) is 2. The zero-order valence-corrected chi connectivity index (χ0v) is 20.0. The number of carbonyl (C=O) groups excluding carboxylic acids is 1. The van der Waals surface area contributed by atoms with Crippen molar-refractivity contribution >= 4 is 27.5 Å². The molecule has 1 aliphatic carbocycles. The van der Waals surface area contributed by atoms with Gasteiger partial charge in [-0.25, -0.2) is 13.1 Å². The molecule has 2 N–H and O–H groups in total. The normalized spacial score (nSPS) is 16.6. The molecule has 0 atom stereocenters. The van der Waals surface area contributed by atoms with E-state index in [1.54, 1.807) is 6.07 Å². The van der Waals surface area contributed by atoms with E-state index in [0.717, 1.165) is 31.2 Å². The predicted molar refractivity (Wildman–Crippen MR) is 126 cm³/mol. The summed E-state index contributed by atoms with van der Waals surface area (Å²) in [5, 5.41) is 3.90. The third kappa shape index (κ3) is 5.80. The Labute approximate surface area is 199 Å². The van der Waals surface area contributed by atoms with Crippen molar-refractivity contribution in [2.45, 2.75) is 55.4 Å². The smallest absolute Gasteiger partial charge is 0.240 e. The fraction of sp³-hybridized carbons (Fsp3) is 0.458. The monoisotopic (exact) mass is 492 g/mol. The van der Waals surface area contributed by atoms with E-state index in [9.17, 15) is 13.2 Å². The molecule has 7 nitrogen and oxygen atoms in total. The summed E-state index contributed by atoms with van der Waals surface area (Å²) in [6.45, 7) is 1.17. The summed E-state index contributed by atoms with van der Waals surface area (Å²) in [7, 11) is -3.63. The Hall–Kier alpha value is -2.29. The first-order chi connectivity index (χ1) is 15.9. The molecular weight excluding hydrogens is 464 g/mol. The Balaban J connectivity index is 1.18. The molecular formula is C24H29ClN2O5S. The van der Waals surface area contributed by atoms with Crippen molar-refractivity contribution in [1.29, 1.82) is 0 Å². The second-order valence-corrected chi connectivity index (χ2v) is 10.7. The van der Waals surface area contributed by atoms with Gasteiger partial charge in [0.15, 0.2) is 11.5 Å². The van der Waals surface area contributed by atoms with Crippen LogP contribution in [0.4, 0.5) is 0 Å². The zero-order valence-electron chi connectivity index (χ0n) is 18.4. The van der Waals surface area contributed by atoms with E-state index in [1.807, 2.05) is 24.3 Å². The molecule has 1 saturated carbocycles. The average Bonchev–Trinajstić information content (AvgIpc) is 2.79. The lowest BCUT2D eigenvalue weighted by molar-refractivity contribution is -0.124. The van der Waals surface area contributed by atoms with Crippen molar-refractivity contribution in [3.63, 3.8) is 0 Å². The summed E-state index contributed by atoms with van der Waals surface area (Å²) in [4.78, 5) is 12.7. The summed E-state index contributed by atoms with van der Waals surface area (Å²) in [5.74, 6) is 1.03. The molecule has 33 heavy (non-hydrogen) atoms. The molecule has 0 aromatic heterocycles. The van der Waals surface area contributed by atoms with E-state index in [4.69, 9.17) is 21.1 Å². The van der Waals surface area contributed by atoms with Gasteiger partial charge in [0.1, 0.15) is 13.2 Å². The molecule has 2 aromatic rings. The third-order valence-corrected chi connectivity index (χ3v) is 7.89. The molecule has 9 heteroatoms. The average molecular weight is 493 g/mol. The largest absolute Gasteiger partial charge is 0.486 e. The number of sulfonamides is 1. The maximum atomic E-state index is 12.5. The van der Waals surface area contributed by atoms with Crippen molar-refractivity contribution in [2.24, 2.45) is 0 Å². The predicted octanol–water partition coefficient (Wildman–Crippen LogP) is 4.15. The molecule has 0 unspecified atom stereocenters. The number of halogens is 1. The molecule has 178 valence electrons. The third-order valence-electron chi connectivity index (χ3n) is 6.18. The number of ether oxygens (including phenoxy) is 2. The number of unbranched alkanes of at least 4 members (excludes halogenated alkanes) is 2. The molecule has 2 aliphatic rings. The number of amides is 1. The van der Waals surface area contributed by atoms with E-state index in [0.29, 0.717) is 55.5 Å². The number of carbonyl (C=O) groups is 1. The fourth-order valence-corrected chi connectivity index (χ4v) is 5.40. The Morgan fingerprint density at radius 3 is 2.39 bits per heavy atom. The molecule has 1 heterocycles. The van der Waals surface area contributed by atoms with Gasteiger partial charge in [0.25, 0.3) is 0 Å². The highest BCUT2D eigenvalue weighted by molar-refractivity contribution is 7.89. The van der Waals surface area contributed by atoms with Gasteiger partial charge in [-0.05, 0) is 61.9 Å². The number of rotatable bonds is 10. The molecule has 2 aromatic carbocycles. The molecule has 1 fully saturated rings. The zero-order chi connectivity index (χ0) is 23.3. The van der Waals surface area contributed by atoms with Crippen LogP contribution in [0.1, 0.15) is 50.5 Å². The number of fused-ring (bicyclic) bond motifs is 1. The maximum absolute atomic E-state index is 12.5. The van der Waals surface area contributed by atoms with Crippen LogP contribution in [0.25, 0.3) is 0 Å². The van der Waals surface area contributed by atoms with Gasteiger partial charge in [0, 0.05) is 24.1 Å². The van der Waals surface area contributed by atoms with Gasteiger partial charge in [-0.15, -0.1) is 0 Å².